The van der Waals surface area contributed by atoms with Crippen molar-refractivity contribution in [3.63, 3.8) is 0 Å². The van der Waals surface area contributed by atoms with Crippen molar-refractivity contribution in [3.8, 4) is 5.75 Å². The quantitative estimate of drug-likeness (QED) is 0.0765. The third-order valence-corrected chi connectivity index (χ3v) is 16.4. The standard InChI is InChI=1S/C53H81N9O14S/c1-4-30(2)47-51(73)57-25-45(69)58-39-29-77(75)52-37(36-16-15-35(24-38(36)59-52)76-18-14-12-10-8-6-5-7-9-11-13-17-54)19-32(49(71)56-26-46(70)60-47)20-42(66)48(31(3)43(67)28-63)61-50(72)40-23-34(64)27-62(40)53(74)33(21-41(39)65)22-44(55)68/h15-16,24,30-34,39-40,43,47-48,59,63-64,67H,4-14,17-23,25-29,54H2,1-3H3,(H2,55,68)(H,56,71)(H,57,73)(H,58,69)(H,60,70)(H,61,72)/t30-,31-,32?,33-,34?,39?,40-,43-,47-,48-,77+/m0/s1. The lowest BCUT2D eigenvalue weighted by Crippen LogP contribution is -2.56. The van der Waals surface area contributed by atoms with Gasteiger partial charge in [0.25, 0.3) is 0 Å². The number of hydrogen-bond donors (Lipinski definition) is 11. The van der Waals surface area contributed by atoms with Gasteiger partial charge in [0.2, 0.25) is 41.4 Å². The van der Waals surface area contributed by atoms with Crippen LogP contribution in [0.3, 0.4) is 0 Å². The predicted octanol–water partition coefficient (Wildman–Crippen LogP) is -0.206. The number of H-pyrrole nitrogens is 1. The van der Waals surface area contributed by atoms with Crippen molar-refractivity contribution in [2.45, 2.75) is 165 Å². The molecule has 0 radical (unpaired) electrons. The van der Waals surface area contributed by atoms with Crippen molar-refractivity contribution < 1.29 is 67.4 Å². The second-order valence-corrected chi connectivity index (χ2v) is 22.3. The number of nitrogens with one attached hydrogen (secondary N) is 6. The van der Waals surface area contributed by atoms with Crippen LogP contribution >= 0.6 is 0 Å². The second-order valence-electron chi connectivity index (χ2n) is 20.9. The van der Waals surface area contributed by atoms with Crippen LogP contribution in [0.25, 0.3) is 10.9 Å². The fourth-order valence-corrected chi connectivity index (χ4v) is 11.6. The largest absolute Gasteiger partial charge is 0.494 e. The summed E-state index contributed by atoms with van der Waals surface area (Å²) in [4.78, 5) is 130. The Labute approximate surface area is 451 Å². The van der Waals surface area contributed by atoms with Gasteiger partial charge in [-0.05, 0) is 49.4 Å². The van der Waals surface area contributed by atoms with Gasteiger partial charge in [-0.25, -0.2) is 0 Å². The van der Waals surface area contributed by atoms with E-state index in [0.717, 1.165) is 56.4 Å². The first kappa shape index (κ1) is 62.0. The van der Waals surface area contributed by atoms with Crippen LogP contribution in [0.5, 0.6) is 5.75 Å². The molecule has 3 aliphatic heterocycles. The highest BCUT2D eigenvalue weighted by Crippen LogP contribution is 2.33. The fraction of sp³-hybridized carbons (Fsp3) is 0.679. The molecule has 4 heterocycles. The molecule has 5 rings (SSSR count). The number of fused-ring (bicyclic) bond motifs is 5. The molecule has 0 saturated carbocycles. The SMILES string of the molecule is CC[C@H](C)[C@@H]1NC(=O)CNC(=O)C2CC(=O)[C@H]([C@@H](C)[C@@H](O)CO)NC(=O)[C@@H]3CC(O)CN3C(=O)[C@H](CC(N)=O)CC(=O)C(C[S@@](=O)c3[nH]c4cc(OCCCCCCCCCCCCN)ccc4c3C2)NC(=O)CNC1=O. The first-order valence-corrected chi connectivity index (χ1v) is 28.5. The molecule has 3 aliphatic rings. The van der Waals surface area contributed by atoms with Crippen LogP contribution in [0.1, 0.15) is 123 Å². The smallest absolute Gasteiger partial charge is 0.243 e. The zero-order valence-corrected chi connectivity index (χ0v) is 45.4. The van der Waals surface area contributed by atoms with Gasteiger partial charge in [-0.3, -0.25) is 47.4 Å². The van der Waals surface area contributed by atoms with Crippen LogP contribution in [0.4, 0.5) is 0 Å². The van der Waals surface area contributed by atoms with Crippen LogP contribution in [0.15, 0.2) is 23.2 Å². The van der Waals surface area contributed by atoms with Crippen molar-refractivity contribution in [2.75, 3.05) is 45.1 Å². The number of nitrogens with two attached hydrogens (primary N) is 2. The number of nitrogens with zero attached hydrogens (tertiary/aromatic N) is 1. The average molecular weight is 1100 g/mol. The Kier molecular flexibility index (Phi) is 24.5. The number of carbonyl (C=O) groups is 9. The van der Waals surface area contributed by atoms with Crippen LogP contribution in [-0.4, -0.2) is 164 Å². The summed E-state index contributed by atoms with van der Waals surface area (Å²) < 4.78 is 21.2. The maximum absolute atomic E-state index is 15.0. The molecule has 23 nitrogen and oxygen atoms in total. The highest BCUT2D eigenvalue weighted by molar-refractivity contribution is 7.85. The van der Waals surface area contributed by atoms with Gasteiger partial charge in [-0.2, -0.15) is 0 Å². The van der Waals surface area contributed by atoms with E-state index in [0.29, 0.717) is 29.7 Å². The third-order valence-electron chi connectivity index (χ3n) is 15.0. The van der Waals surface area contributed by atoms with Gasteiger partial charge in [0.05, 0.1) is 78.6 Å². The summed E-state index contributed by atoms with van der Waals surface area (Å²) in [5.41, 5.74) is 11.8. The van der Waals surface area contributed by atoms with Gasteiger partial charge >= 0.3 is 0 Å². The highest BCUT2D eigenvalue weighted by atomic mass is 32.2. The first-order chi connectivity index (χ1) is 36.8. The van der Waals surface area contributed by atoms with E-state index in [2.05, 4.69) is 31.6 Å². The van der Waals surface area contributed by atoms with Crippen LogP contribution in [0.2, 0.25) is 0 Å². The summed E-state index contributed by atoms with van der Waals surface area (Å²) in [5.74, 6) is -12.9. The Morgan fingerprint density at radius 1 is 0.818 bits per heavy atom. The third kappa shape index (κ3) is 17.9. The average Bonchev–Trinajstić information content (AvgIpc) is 3.98. The number of amides is 7. The molecule has 1 saturated heterocycles. The van der Waals surface area contributed by atoms with Crippen LogP contribution < -0.4 is 42.8 Å². The van der Waals surface area contributed by atoms with E-state index in [1.807, 2.05) is 0 Å². The second kappa shape index (κ2) is 30.4. The van der Waals surface area contributed by atoms with Gasteiger partial charge in [0, 0.05) is 55.5 Å². The maximum Gasteiger partial charge on any atom is 0.243 e. The molecule has 11 atom stereocenters. The molecule has 1 aromatic heterocycles. The lowest BCUT2D eigenvalue weighted by atomic mass is 9.85. The molecular weight excluding hydrogens is 1020 g/mol. The summed E-state index contributed by atoms with van der Waals surface area (Å²) >= 11 is 0. The summed E-state index contributed by atoms with van der Waals surface area (Å²) in [6.45, 7) is 3.25. The summed E-state index contributed by atoms with van der Waals surface area (Å²) in [5, 5.41) is 45.0. The number of unbranched alkanes of at least 4 members (excludes halogenated alkanes) is 9. The molecule has 0 spiro atoms. The minimum atomic E-state index is -2.29. The number of ketones is 2. The van der Waals surface area contributed by atoms with Crippen LogP contribution in [0, 0.1) is 23.7 Å². The van der Waals surface area contributed by atoms with Gasteiger partial charge in [0.15, 0.2) is 11.6 Å². The van der Waals surface area contributed by atoms with Crippen LogP contribution in [-0.2, 0) is 60.4 Å². The van der Waals surface area contributed by atoms with E-state index in [9.17, 15) is 58.5 Å². The molecule has 1 aromatic carbocycles. The minimum absolute atomic E-state index is 0.0221. The molecule has 77 heavy (non-hydrogen) atoms. The number of aliphatic hydroxyl groups is 3. The van der Waals surface area contributed by atoms with Crippen molar-refractivity contribution >= 4 is 74.6 Å². The van der Waals surface area contributed by atoms with Gasteiger partial charge in [-0.15, -0.1) is 0 Å². The number of rotatable bonds is 20. The van der Waals surface area contributed by atoms with Crippen molar-refractivity contribution in [3.05, 3.63) is 23.8 Å². The topological polar surface area (TPSA) is 372 Å². The Balaban J connectivity index is 1.61. The Hall–Kier alpha value is -5.82. The van der Waals surface area contributed by atoms with Crippen molar-refractivity contribution in [1.82, 2.24) is 36.5 Å². The zero-order valence-electron chi connectivity index (χ0n) is 44.6. The Bertz CT molecular complexity index is 2440. The summed E-state index contributed by atoms with van der Waals surface area (Å²) in [6.07, 6.45) is 5.44. The molecule has 1 fully saturated rings. The number of benzene rings is 1. The molecule has 2 bridgehead atoms. The number of aromatic amines is 1. The van der Waals surface area contributed by atoms with E-state index in [1.54, 1.807) is 32.0 Å². The number of aliphatic hydroxyl groups excluding tert-OH is 3. The number of carbonyl (C=O) groups excluding carboxylic acids is 9. The molecule has 13 N–H and O–H groups in total. The van der Waals surface area contributed by atoms with Gasteiger partial charge in [0.1, 0.15) is 22.9 Å². The molecule has 3 unspecified atom stereocenters. The molecule has 2 aromatic rings. The highest BCUT2D eigenvalue weighted by Gasteiger charge is 2.45. The monoisotopic (exact) mass is 1100 g/mol. The molecular formula is C53H81N9O14S. The first-order valence-electron chi connectivity index (χ1n) is 27.2. The number of aromatic nitrogens is 1. The fourth-order valence-electron chi connectivity index (χ4n) is 10.2. The maximum atomic E-state index is 15.0. The zero-order chi connectivity index (χ0) is 56.3. The molecule has 0 aliphatic carbocycles. The molecule has 428 valence electrons. The van der Waals surface area contributed by atoms with E-state index in [1.165, 1.54) is 26.2 Å². The van der Waals surface area contributed by atoms with Gasteiger partial charge in [-0.1, -0.05) is 78.6 Å². The van der Waals surface area contributed by atoms with E-state index < -0.39 is 175 Å². The molecule has 7 amide bonds. The minimum Gasteiger partial charge on any atom is -0.494 e. The predicted molar refractivity (Wildman–Crippen MR) is 284 cm³/mol. The molecule has 24 heteroatoms. The summed E-state index contributed by atoms with van der Waals surface area (Å²) in [7, 11) is -2.29. The number of ether oxygens (including phenoxy) is 1. The number of hydrogen-bond acceptors (Lipinski definition) is 15. The van der Waals surface area contributed by atoms with E-state index in [4.69, 9.17) is 16.2 Å². The number of Topliss-reactive ketones (excluding diaryl/α,β-unsaturated/α-hetero) is 2. The van der Waals surface area contributed by atoms with Crippen molar-refractivity contribution in [2.24, 2.45) is 35.1 Å². The Morgan fingerprint density at radius 3 is 2.09 bits per heavy atom. The lowest BCUT2D eigenvalue weighted by Gasteiger charge is -2.32. The number of primary amides is 1. The van der Waals surface area contributed by atoms with E-state index >= 15 is 4.21 Å². The Morgan fingerprint density at radius 2 is 1.45 bits per heavy atom. The van der Waals surface area contributed by atoms with Crippen molar-refractivity contribution in [1.29, 1.82) is 0 Å². The normalized spacial score (nSPS) is 25.9. The lowest BCUT2D eigenvalue weighted by molar-refractivity contribution is -0.145. The van der Waals surface area contributed by atoms with E-state index in [-0.39, 0.29) is 23.4 Å². The summed E-state index contributed by atoms with van der Waals surface area (Å²) in [6, 6.07) is -0.972. The van der Waals surface area contributed by atoms with Gasteiger partial charge < -0.3 is 68.0 Å².